The van der Waals surface area contributed by atoms with E-state index in [9.17, 15) is 35.4 Å². The summed E-state index contributed by atoms with van der Waals surface area (Å²) in [6, 6.07) is 0. The highest BCUT2D eigenvalue weighted by Crippen LogP contribution is 2.70. The van der Waals surface area contributed by atoms with Crippen LogP contribution in [-0.2, 0) is 33.2 Å². The van der Waals surface area contributed by atoms with E-state index in [1.165, 1.54) is 6.08 Å². The number of aliphatic hydroxyl groups excluding tert-OH is 5. The van der Waals surface area contributed by atoms with Gasteiger partial charge in [-0.2, -0.15) is 0 Å². The van der Waals surface area contributed by atoms with E-state index in [4.69, 9.17) is 28.4 Å². The van der Waals surface area contributed by atoms with E-state index in [-0.39, 0.29) is 35.9 Å². The molecule has 13 nitrogen and oxygen atoms in total. The van der Waals surface area contributed by atoms with Crippen LogP contribution in [0.25, 0.3) is 0 Å². The SMILES string of the molecule is CO[C@H]1C[C@H](O[C@H]2CC[C@@]3(C)[C@H](CC[C@@H]4[C@@H]3CC[C@]3(C)[C@@H](C5=CC(=O)OC5)[C@H](O)C[C@@]43O)C2)O[C@@H](C)[C@@H]1O[C@@H]1O[C@H](CO)[C@@H](O)[C@H](O)[C@H]1O. The molecule has 4 saturated carbocycles. The number of esters is 1. The summed E-state index contributed by atoms with van der Waals surface area (Å²) in [7, 11) is 1.57. The van der Waals surface area contributed by atoms with E-state index < -0.39 is 79.0 Å². The summed E-state index contributed by atoms with van der Waals surface area (Å²) in [4.78, 5) is 11.9. The highest BCUT2D eigenvalue weighted by Gasteiger charge is 2.70. The lowest BCUT2D eigenvalue weighted by Crippen LogP contribution is -2.62. The molecular weight excluding hydrogens is 640 g/mol. The number of cyclic esters (lactones) is 1. The van der Waals surface area contributed by atoms with E-state index in [0.29, 0.717) is 24.7 Å². The first kappa shape index (κ1) is 36.1. The molecule has 18 atom stereocenters. The van der Waals surface area contributed by atoms with Gasteiger partial charge in [0.25, 0.3) is 0 Å². The van der Waals surface area contributed by atoms with Gasteiger partial charge in [-0.05, 0) is 80.6 Å². The van der Waals surface area contributed by atoms with Gasteiger partial charge in [-0.1, -0.05) is 13.8 Å². The van der Waals surface area contributed by atoms with Crippen LogP contribution in [-0.4, -0.2) is 130 Å². The second kappa shape index (κ2) is 13.3. The molecule has 6 fully saturated rings. The third-order valence-corrected chi connectivity index (χ3v) is 14.3. The fourth-order valence-corrected chi connectivity index (χ4v) is 11.6. The summed E-state index contributed by atoms with van der Waals surface area (Å²) >= 11 is 0. The third-order valence-electron chi connectivity index (χ3n) is 14.3. The first-order valence-corrected chi connectivity index (χ1v) is 18.3. The zero-order chi connectivity index (χ0) is 35.0. The van der Waals surface area contributed by atoms with Gasteiger partial charge >= 0.3 is 5.97 Å². The quantitative estimate of drug-likeness (QED) is 0.163. The minimum absolute atomic E-state index is 0.00582. The van der Waals surface area contributed by atoms with Crippen molar-refractivity contribution in [3.05, 3.63) is 11.6 Å². The van der Waals surface area contributed by atoms with Crippen LogP contribution < -0.4 is 0 Å². The standard InChI is InChI=1S/C36H56O13/c1-17-32(49-33-31(42)30(41)29(40)25(15-37)48-33)24(44-4)13-27(46-17)47-20-7-9-34(2)19(12-20)5-6-22-21(34)8-10-35(3)28(18-11-26(39)45-16-18)23(38)14-36(22,35)43/h11,17,19-25,27-33,37-38,40-43H,5-10,12-16H2,1-4H3/t17-,19+,20-,21-,22+,23+,24-,25+,27-,28-,29+,30-,31+,32-,33-,34-,35+,36+/m0/s1. The van der Waals surface area contributed by atoms with Crippen molar-refractivity contribution >= 4 is 5.97 Å². The molecule has 0 aromatic rings. The van der Waals surface area contributed by atoms with Gasteiger partial charge in [0.15, 0.2) is 12.6 Å². The van der Waals surface area contributed by atoms with Gasteiger partial charge in [-0.25, -0.2) is 4.79 Å². The number of hydrogen-bond acceptors (Lipinski definition) is 13. The molecule has 0 unspecified atom stereocenters. The second-order valence-electron chi connectivity index (χ2n) is 16.6. The highest BCUT2D eigenvalue weighted by atomic mass is 16.7. The molecule has 0 radical (unpaired) electrons. The average molecular weight is 697 g/mol. The minimum Gasteiger partial charge on any atom is -0.458 e. The molecule has 13 heteroatoms. The van der Waals surface area contributed by atoms with E-state index in [2.05, 4.69) is 13.8 Å². The molecule has 0 aromatic carbocycles. The van der Waals surface area contributed by atoms with Gasteiger partial charge in [0, 0.05) is 37.4 Å². The van der Waals surface area contributed by atoms with Crippen LogP contribution in [0, 0.1) is 34.5 Å². The molecule has 7 rings (SSSR count). The van der Waals surface area contributed by atoms with Crippen LogP contribution in [0.15, 0.2) is 11.6 Å². The maximum atomic E-state index is 12.5. The average Bonchev–Trinajstić information content (AvgIpc) is 3.57. The van der Waals surface area contributed by atoms with Crippen LogP contribution in [0.1, 0.15) is 78.6 Å². The number of hydrogen-bond donors (Lipinski definition) is 6. The molecule has 0 amide bonds. The largest absolute Gasteiger partial charge is 0.458 e. The van der Waals surface area contributed by atoms with Crippen molar-refractivity contribution in [2.75, 3.05) is 20.3 Å². The van der Waals surface area contributed by atoms with Gasteiger partial charge in [0.05, 0.1) is 36.6 Å². The Hall–Kier alpha value is -1.23. The smallest absolute Gasteiger partial charge is 0.331 e. The summed E-state index contributed by atoms with van der Waals surface area (Å²) in [6.07, 6.45) is -1.21. The Labute approximate surface area is 287 Å². The Kier molecular flexibility index (Phi) is 9.82. The van der Waals surface area contributed by atoms with Crippen LogP contribution in [0.4, 0.5) is 0 Å². The van der Waals surface area contributed by atoms with Crippen molar-refractivity contribution in [3.63, 3.8) is 0 Å². The molecule has 0 aromatic heterocycles. The number of methoxy groups -OCH3 is 1. The maximum absolute atomic E-state index is 12.5. The minimum atomic E-state index is -1.54. The van der Waals surface area contributed by atoms with Crippen molar-refractivity contribution < 1.29 is 63.9 Å². The van der Waals surface area contributed by atoms with Crippen LogP contribution >= 0.6 is 0 Å². The number of carbonyl (C=O) groups is 1. The molecule has 4 aliphatic carbocycles. The molecule has 2 saturated heterocycles. The normalized spacial score (nSPS) is 54.4. The Bertz CT molecular complexity index is 1260. The molecule has 0 bridgehead atoms. The Morgan fingerprint density at radius 2 is 1.71 bits per heavy atom. The fourth-order valence-electron chi connectivity index (χ4n) is 11.6. The summed E-state index contributed by atoms with van der Waals surface area (Å²) in [5.74, 6) is 0.182. The molecule has 0 spiro atoms. The number of ether oxygens (including phenoxy) is 6. The third kappa shape index (κ3) is 5.83. The van der Waals surface area contributed by atoms with Gasteiger partial charge in [-0.3, -0.25) is 0 Å². The van der Waals surface area contributed by atoms with Crippen molar-refractivity contribution in [1.82, 2.24) is 0 Å². The summed E-state index contributed by atoms with van der Waals surface area (Å²) in [5.41, 5.74) is -0.680. The van der Waals surface area contributed by atoms with E-state index in [1.807, 2.05) is 6.92 Å². The van der Waals surface area contributed by atoms with E-state index in [0.717, 1.165) is 50.5 Å². The Balaban J connectivity index is 0.981. The Morgan fingerprint density at radius 1 is 0.939 bits per heavy atom. The molecule has 7 aliphatic rings. The van der Waals surface area contributed by atoms with Gasteiger partial charge in [0.1, 0.15) is 37.1 Å². The first-order chi connectivity index (χ1) is 23.2. The molecular formula is C36H56O13. The molecule has 278 valence electrons. The van der Waals surface area contributed by atoms with Crippen LogP contribution in [0.3, 0.4) is 0 Å². The second-order valence-corrected chi connectivity index (χ2v) is 16.6. The highest BCUT2D eigenvalue weighted by molar-refractivity contribution is 5.85. The van der Waals surface area contributed by atoms with Crippen LogP contribution in [0.2, 0.25) is 0 Å². The van der Waals surface area contributed by atoms with Crippen molar-refractivity contribution in [3.8, 4) is 0 Å². The molecule has 3 aliphatic heterocycles. The number of carbonyl (C=O) groups excluding carboxylic acids is 1. The van der Waals surface area contributed by atoms with Gasteiger partial charge in [0.2, 0.25) is 0 Å². The van der Waals surface area contributed by atoms with Crippen molar-refractivity contribution in [2.24, 2.45) is 34.5 Å². The van der Waals surface area contributed by atoms with Crippen molar-refractivity contribution in [1.29, 1.82) is 0 Å². The first-order valence-electron chi connectivity index (χ1n) is 18.3. The molecule has 49 heavy (non-hydrogen) atoms. The predicted molar refractivity (Wildman–Crippen MR) is 170 cm³/mol. The summed E-state index contributed by atoms with van der Waals surface area (Å²) in [6.45, 7) is 5.99. The summed E-state index contributed by atoms with van der Waals surface area (Å²) < 4.78 is 35.5. The zero-order valence-corrected chi connectivity index (χ0v) is 29.1. The van der Waals surface area contributed by atoms with E-state index >= 15 is 0 Å². The topological polar surface area (TPSA) is 194 Å². The number of fused-ring (bicyclic) bond motifs is 5. The Morgan fingerprint density at radius 3 is 2.41 bits per heavy atom. The number of rotatable bonds is 7. The molecule has 6 N–H and O–H groups in total. The van der Waals surface area contributed by atoms with Gasteiger partial charge < -0.3 is 59.1 Å². The molecule has 3 heterocycles. The van der Waals surface area contributed by atoms with Gasteiger partial charge in [-0.15, -0.1) is 0 Å². The lowest BCUT2D eigenvalue weighted by atomic mass is 9.43. The number of aliphatic hydroxyl groups is 6. The summed E-state index contributed by atoms with van der Waals surface area (Å²) in [5, 5.41) is 64.3. The van der Waals surface area contributed by atoms with E-state index in [1.54, 1.807) is 7.11 Å². The van der Waals surface area contributed by atoms with Crippen molar-refractivity contribution in [2.45, 2.75) is 152 Å². The monoisotopic (exact) mass is 696 g/mol. The maximum Gasteiger partial charge on any atom is 0.331 e. The lowest BCUT2D eigenvalue weighted by Gasteiger charge is -2.63. The predicted octanol–water partition coefficient (Wildman–Crippen LogP) is 0.934. The van der Waals surface area contributed by atoms with Crippen LogP contribution in [0.5, 0.6) is 0 Å². The lowest BCUT2D eigenvalue weighted by molar-refractivity contribution is -0.345. The zero-order valence-electron chi connectivity index (χ0n) is 29.1. The fraction of sp³-hybridized carbons (Fsp3) is 0.917.